The summed E-state index contributed by atoms with van der Waals surface area (Å²) in [6.07, 6.45) is 3.33. The molecular formula is C12H10BrClN2O. The monoisotopic (exact) mass is 312 g/mol. The van der Waals surface area contributed by atoms with Gasteiger partial charge in [-0.05, 0) is 39.7 Å². The van der Waals surface area contributed by atoms with E-state index in [1.807, 2.05) is 18.2 Å². The number of aromatic nitrogens is 1. The lowest BCUT2D eigenvalue weighted by Gasteiger charge is -2.07. The van der Waals surface area contributed by atoms with Crippen molar-refractivity contribution in [1.82, 2.24) is 4.98 Å². The molecule has 0 saturated carbocycles. The summed E-state index contributed by atoms with van der Waals surface area (Å²) in [6, 6.07) is 7.25. The molecule has 0 aliphatic carbocycles. The summed E-state index contributed by atoms with van der Waals surface area (Å²) in [5, 5.41) is 0.605. The first-order valence-corrected chi connectivity index (χ1v) is 6.13. The smallest absolute Gasteiger partial charge is 0.146 e. The molecule has 17 heavy (non-hydrogen) atoms. The van der Waals surface area contributed by atoms with Gasteiger partial charge in [0.25, 0.3) is 0 Å². The first kappa shape index (κ1) is 12.4. The van der Waals surface area contributed by atoms with E-state index in [1.165, 1.54) is 0 Å². The maximum atomic E-state index is 6.04. The topological polar surface area (TPSA) is 48.1 Å². The lowest BCUT2D eigenvalue weighted by Crippen LogP contribution is -1.97. The SMILES string of the molecule is NCc1ccc(Oc2cncc(Br)c2)cc1Cl. The highest BCUT2D eigenvalue weighted by Crippen LogP contribution is 2.27. The number of pyridine rings is 1. The Labute approximate surface area is 113 Å². The maximum Gasteiger partial charge on any atom is 0.146 e. The molecule has 0 aliphatic rings. The van der Waals surface area contributed by atoms with Crippen molar-refractivity contribution in [1.29, 1.82) is 0 Å². The van der Waals surface area contributed by atoms with E-state index in [9.17, 15) is 0 Å². The number of hydrogen-bond donors (Lipinski definition) is 1. The molecule has 0 saturated heterocycles. The van der Waals surface area contributed by atoms with Gasteiger partial charge in [-0.15, -0.1) is 0 Å². The minimum Gasteiger partial charge on any atom is -0.456 e. The van der Waals surface area contributed by atoms with E-state index >= 15 is 0 Å². The lowest BCUT2D eigenvalue weighted by atomic mass is 10.2. The Balaban J connectivity index is 2.22. The van der Waals surface area contributed by atoms with E-state index in [0.29, 0.717) is 23.1 Å². The van der Waals surface area contributed by atoms with Gasteiger partial charge in [-0.25, -0.2) is 0 Å². The Morgan fingerprint density at radius 2 is 2.06 bits per heavy atom. The van der Waals surface area contributed by atoms with Crippen LogP contribution in [-0.2, 0) is 6.54 Å². The van der Waals surface area contributed by atoms with Crippen LogP contribution in [0.1, 0.15) is 5.56 Å². The summed E-state index contributed by atoms with van der Waals surface area (Å²) >= 11 is 9.37. The van der Waals surface area contributed by atoms with Gasteiger partial charge in [0, 0.05) is 22.2 Å². The van der Waals surface area contributed by atoms with Crippen LogP contribution in [0.4, 0.5) is 0 Å². The number of benzene rings is 1. The Kier molecular flexibility index (Phi) is 3.99. The average molecular weight is 314 g/mol. The van der Waals surface area contributed by atoms with Crippen LogP contribution in [0, 0.1) is 0 Å². The van der Waals surface area contributed by atoms with Crippen molar-refractivity contribution in [2.24, 2.45) is 5.73 Å². The van der Waals surface area contributed by atoms with Gasteiger partial charge in [-0.3, -0.25) is 4.98 Å². The molecule has 2 N–H and O–H groups in total. The zero-order chi connectivity index (χ0) is 12.3. The Bertz CT molecular complexity index is 534. The third kappa shape index (κ3) is 3.19. The van der Waals surface area contributed by atoms with Crippen LogP contribution >= 0.6 is 27.5 Å². The van der Waals surface area contributed by atoms with Crippen LogP contribution in [0.2, 0.25) is 5.02 Å². The van der Waals surface area contributed by atoms with Crippen molar-refractivity contribution in [3.63, 3.8) is 0 Å². The molecule has 88 valence electrons. The zero-order valence-electron chi connectivity index (χ0n) is 8.86. The lowest BCUT2D eigenvalue weighted by molar-refractivity contribution is 0.479. The van der Waals surface area contributed by atoms with Crippen LogP contribution < -0.4 is 10.5 Å². The predicted octanol–water partition coefficient (Wildman–Crippen LogP) is 3.75. The zero-order valence-corrected chi connectivity index (χ0v) is 11.2. The minimum absolute atomic E-state index is 0.414. The van der Waals surface area contributed by atoms with Crippen LogP contribution in [0.25, 0.3) is 0 Å². The summed E-state index contributed by atoms with van der Waals surface area (Å²) in [5.41, 5.74) is 6.43. The number of hydrogen-bond acceptors (Lipinski definition) is 3. The summed E-state index contributed by atoms with van der Waals surface area (Å²) in [7, 11) is 0. The minimum atomic E-state index is 0.414. The number of ether oxygens (including phenoxy) is 1. The van der Waals surface area contributed by atoms with Gasteiger partial charge in [-0.2, -0.15) is 0 Å². The van der Waals surface area contributed by atoms with Crippen molar-refractivity contribution >= 4 is 27.5 Å². The second-order valence-electron chi connectivity index (χ2n) is 3.40. The van der Waals surface area contributed by atoms with E-state index in [4.69, 9.17) is 22.1 Å². The summed E-state index contributed by atoms with van der Waals surface area (Å²) < 4.78 is 6.48. The van der Waals surface area contributed by atoms with Crippen molar-refractivity contribution in [3.8, 4) is 11.5 Å². The quantitative estimate of drug-likeness (QED) is 0.939. The fraction of sp³-hybridized carbons (Fsp3) is 0.0833. The van der Waals surface area contributed by atoms with Crippen molar-refractivity contribution in [2.45, 2.75) is 6.54 Å². The summed E-state index contributed by atoms with van der Waals surface area (Å²) in [5.74, 6) is 1.31. The molecule has 1 aromatic heterocycles. The molecule has 0 radical (unpaired) electrons. The van der Waals surface area contributed by atoms with Crippen molar-refractivity contribution in [3.05, 3.63) is 51.7 Å². The molecule has 0 amide bonds. The Morgan fingerprint density at radius 1 is 1.24 bits per heavy atom. The fourth-order valence-corrected chi connectivity index (χ4v) is 1.93. The molecule has 5 heteroatoms. The third-order valence-electron chi connectivity index (χ3n) is 2.16. The number of halogens is 2. The van der Waals surface area contributed by atoms with Crippen LogP contribution in [-0.4, -0.2) is 4.98 Å². The molecule has 1 aromatic carbocycles. The predicted molar refractivity (Wildman–Crippen MR) is 71.4 cm³/mol. The molecule has 0 bridgehead atoms. The Hall–Kier alpha value is -1.10. The molecule has 0 aliphatic heterocycles. The van der Waals surface area contributed by atoms with Crippen LogP contribution in [0.3, 0.4) is 0 Å². The van der Waals surface area contributed by atoms with E-state index in [0.717, 1.165) is 10.0 Å². The van der Waals surface area contributed by atoms with Gasteiger partial charge in [-0.1, -0.05) is 17.7 Å². The Morgan fingerprint density at radius 3 is 2.71 bits per heavy atom. The molecule has 2 rings (SSSR count). The highest BCUT2D eigenvalue weighted by Gasteiger charge is 2.03. The highest BCUT2D eigenvalue weighted by molar-refractivity contribution is 9.10. The fourth-order valence-electron chi connectivity index (χ4n) is 1.34. The van der Waals surface area contributed by atoms with Gasteiger partial charge in [0.1, 0.15) is 11.5 Å². The first-order valence-electron chi connectivity index (χ1n) is 4.96. The molecule has 0 unspecified atom stereocenters. The van der Waals surface area contributed by atoms with Gasteiger partial charge in [0.05, 0.1) is 6.20 Å². The summed E-state index contributed by atoms with van der Waals surface area (Å²) in [6.45, 7) is 0.414. The molecule has 1 heterocycles. The van der Waals surface area contributed by atoms with Gasteiger partial charge >= 0.3 is 0 Å². The molecule has 0 atom stereocenters. The summed E-state index contributed by atoms with van der Waals surface area (Å²) in [4.78, 5) is 4.01. The van der Waals surface area contributed by atoms with Crippen LogP contribution in [0.15, 0.2) is 41.1 Å². The van der Waals surface area contributed by atoms with E-state index in [-0.39, 0.29) is 0 Å². The van der Waals surface area contributed by atoms with Crippen molar-refractivity contribution < 1.29 is 4.74 Å². The average Bonchev–Trinajstić information content (AvgIpc) is 2.29. The number of nitrogens with zero attached hydrogens (tertiary/aromatic N) is 1. The first-order chi connectivity index (χ1) is 8.19. The van der Waals surface area contributed by atoms with Gasteiger partial charge in [0.15, 0.2) is 0 Å². The van der Waals surface area contributed by atoms with Gasteiger partial charge < -0.3 is 10.5 Å². The molecule has 2 aromatic rings. The van der Waals surface area contributed by atoms with E-state index < -0.39 is 0 Å². The van der Waals surface area contributed by atoms with Gasteiger partial charge in [0.2, 0.25) is 0 Å². The second kappa shape index (κ2) is 5.49. The van der Waals surface area contributed by atoms with E-state index in [2.05, 4.69) is 20.9 Å². The second-order valence-corrected chi connectivity index (χ2v) is 4.72. The highest BCUT2D eigenvalue weighted by atomic mass is 79.9. The standard InChI is InChI=1S/C12H10BrClN2O/c13-9-3-11(7-16-6-9)17-10-2-1-8(5-15)12(14)4-10/h1-4,6-7H,5,15H2. The van der Waals surface area contributed by atoms with E-state index in [1.54, 1.807) is 18.5 Å². The number of rotatable bonds is 3. The maximum absolute atomic E-state index is 6.04. The van der Waals surface area contributed by atoms with Crippen molar-refractivity contribution in [2.75, 3.05) is 0 Å². The largest absolute Gasteiger partial charge is 0.456 e. The molecule has 0 spiro atoms. The third-order valence-corrected chi connectivity index (χ3v) is 2.95. The number of nitrogens with two attached hydrogens (primary N) is 1. The normalized spacial score (nSPS) is 10.3. The molecule has 3 nitrogen and oxygen atoms in total. The van der Waals surface area contributed by atoms with Crippen LogP contribution in [0.5, 0.6) is 11.5 Å². The molecular weight excluding hydrogens is 304 g/mol. The molecule has 0 fully saturated rings.